The average Bonchev–Trinajstić information content (AvgIpc) is 2.85. The lowest BCUT2D eigenvalue weighted by molar-refractivity contribution is 0.386. The van der Waals surface area contributed by atoms with Gasteiger partial charge >= 0.3 is 0 Å². The number of halogens is 2. The molecule has 1 aromatic carbocycles. The zero-order chi connectivity index (χ0) is 15.6. The lowest BCUT2D eigenvalue weighted by atomic mass is 10.1. The van der Waals surface area contributed by atoms with Crippen LogP contribution in [0.4, 0.5) is 4.39 Å². The van der Waals surface area contributed by atoms with Gasteiger partial charge in [-0.2, -0.15) is 0 Å². The molecular formula is C13H13ClFNO3S2. The Morgan fingerprint density at radius 3 is 2.57 bits per heavy atom. The fraction of sp³-hybridized carbons (Fsp3) is 0.231. The SMILES string of the molecule is COc1ccc(C(C)NS(=O)(=O)c2ccc(Cl)s2)cc1F. The Labute approximate surface area is 131 Å². The third-order valence-corrected chi connectivity index (χ3v) is 6.08. The maximum Gasteiger partial charge on any atom is 0.250 e. The number of sulfonamides is 1. The van der Waals surface area contributed by atoms with Crippen LogP contribution in [0.1, 0.15) is 18.5 Å². The summed E-state index contributed by atoms with van der Waals surface area (Å²) in [5.74, 6) is -0.431. The second-order valence-corrected chi connectivity index (χ2v) is 7.95. The summed E-state index contributed by atoms with van der Waals surface area (Å²) in [6, 6.07) is 6.66. The molecule has 0 bridgehead atoms. The summed E-state index contributed by atoms with van der Waals surface area (Å²) >= 11 is 6.70. The van der Waals surface area contributed by atoms with Crippen LogP contribution < -0.4 is 9.46 Å². The Hall–Kier alpha value is -1.15. The van der Waals surface area contributed by atoms with Crippen LogP contribution in [0.3, 0.4) is 0 Å². The topological polar surface area (TPSA) is 55.4 Å². The summed E-state index contributed by atoms with van der Waals surface area (Å²) in [5.41, 5.74) is 0.500. The second kappa shape index (κ2) is 6.31. The molecule has 0 amide bonds. The number of hydrogen-bond acceptors (Lipinski definition) is 4. The van der Waals surface area contributed by atoms with Crippen LogP contribution in [-0.4, -0.2) is 15.5 Å². The highest BCUT2D eigenvalue weighted by molar-refractivity contribution is 7.91. The third kappa shape index (κ3) is 3.74. The lowest BCUT2D eigenvalue weighted by Gasteiger charge is -2.14. The monoisotopic (exact) mass is 349 g/mol. The normalized spacial score (nSPS) is 13.1. The first-order chi connectivity index (χ1) is 9.83. The van der Waals surface area contributed by atoms with E-state index in [4.69, 9.17) is 16.3 Å². The van der Waals surface area contributed by atoms with Gasteiger partial charge in [0, 0.05) is 6.04 Å². The number of rotatable bonds is 5. The highest BCUT2D eigenvalue weighted by atomic mass is 35.5. The van der Waals surface area contributed by atoms with E-state index in [2.05, 4.69) is 4.72 Å². The fourth-order valence-corrected chi connectivity index (χ4v) is 4.48. The molecule has 0 aliphatic rings. The molecule has 0 spiro atoms. The van der Waals surface area contributed by atoms with Crippen LogP contribution in [0.5, 0.6) is 5.75 Å². The predicted molar refractivity (Wildman–Crippen MR) is 81.0 cm³/mol. The maximum absolute atomic E-state index is 13.7. The Morgan fingerprint density at radius 2 is 2.05 bits per heavy atom. The number of ether oxygens (including phenoxy) is 1. The molecular weight excluding hydrogens is 337 g/mol. The van der Waals surface area contributed by atoms with Crippen LogP contribution in [0.15, 0.2) is 34.5 Å². The van der Waals surface area contributed by atoms with Crippen molar-refractivity contribution in [2.45, 2.75) is 17.2 Å². The highest BCUT2D eigenvalue weighted by Gasteiger charge is 2.21. The lowest BCUT2D eigenvalue weighted by Crippen LogP contribution is -2.26. The quantitative estimate of drug-likeness (QED) is 0.897. The molecule has 0 radical (unpaired) electrons. The van der Waals surface area contributed by atoms with Gasteiger partial charge in [-0.3, -0.25) is 0 Å². The van der Waals surface area contributed by atoms with Crippen LogP contribution in [0, 0.1) is 5.82 Å². The smallest absolute Gasteiger partial charge is 0.250 e. The van der Waals surface area contributed by atoms with E-state index >= 15 is 0 Å². The van der Waals surface area contributed by atoms with Gasteiger partial charge in [0.2, 0.25) is 0 Å². The first kappa shape index (κ1) is 16.2. The molecule has 1 N–H and O–H groups in total. The minimum absolute atomic E-state index is 0.110. The van der Waals surface area contributed by atoms with E-state index in [0.717, 1.165) is 11.3 Å². The highest BCUT2D eigenvalue weighted by Crippen LogP contribution is 2.27. The van der Waals surface area contributed by atoms with Crippen molar-refractivity contribution in [3.8, 4) is 5.75 Å². The van der Waals surface area contributed by atoms with Crippen molar-refractivity contribution >= 4 is 33.0 Å². The van der Waals surface area contributed by atoms with Gasteiger partial charge in [-0.25, -0.2) is 17.5 Å². The summed E-state index contributed by atoms with van der Waals surface area (Å²) in [6.45, 7) is 1.63. The average molecular weight is 350 g/mol. The van der Waals surface area contributed by atoms with E-state index in [1.165, 1.54) is 31.4 Å². The van der Waals surface area contributed by atoms with Crippen LogP contribution in [0.25, 0.3) is 0 Å². The Bertz CT molecular complexity index is 746. The third-order valence-electron chi connectivity index (χ3n) is 2.82. The van der Waals surface area contributed by atoms with Gasteiger partial charge in [0.25, 0.3) is 10.0 Å². The molecule has 0 aliphatic carbocycles. The molecule has 1 aromatic heterocycles. The van der Waals surface area contributed by atoms with Gasteiger partial charge in [0.15, 0.2) is 11.6 Å². The first-order valence-electron chi connectivity index (χ1n) is 5.94. The van der Waals surface area contributed by atoms with Crippen molar-refractivity contribution in [2.24, 2.45) is 0 Å². The molecule has 1 atom stereocenters. The molecule has 0 aliphatic heterocycles. The summed E-state index contributed by atoms with van der Waals surface area (Å²) in [7, 11) is -2.32. The van der Waals surface area contributed by atoms with Gasteiger partial charge < -0.3 is 4.74 Å². The number of benzene rings is 1. The van der Waals surface area contributed by atoms with E-state index in [9.17, 15) is 12.8 Å². The minimum Gasteiger partial charge on any atom is -0.494 e. The molecule has 1 unspecified atom stereocenters. The largest absolute Gasteiger partial charge is 0.494 e. The standard InChI is InChI=1S/C13H13ClFNO3S2/c1-8(9-3-4-11(19-2)10(15)7-9)16-21(17,18)13-6-5-12(14)20-13/h3-8,16H,1-2H3. The van der Waals surface area contributed by atoms with Gasteiger partial charge in [0.1, 0.15) is 4.21 Å². The van der Waals surface area contributed by atoms with Crippen molar-refractivity contribution < 1.29 is 17.5 Å². The number of hydrogen-bond donors (Lipinski definition) is 1. The first-order valence-corrected chi connectivity index (χ1v) is 8.62. The van der Waals surface area contributed by atoms with Crippen molar-refractivity contribution in [2.75, 3.05) is 7.11 Å². The molecule has 0 saturated carbocycles. The number of thiophene rings is 1. The molecule has 2 rings (SSSR count). The fourth-order valence-electron chi connectivity index (χ4n) is 1.75. The zero-order valence-electron chi connectivity index (χ0n) is 11.3. The molecule has 2 aromatic rings. The Balaban J connectivity index is 2.21. The van der Waals surface area contributed by atoms with Gasteiger partial charge in [-0.15, -0.1) is 11.3 Å². The van der Waals surface area contributed by atoms with E-state index in [-0.39, 0.29) is 9.96 Å². The van der Waals surface area contributed by atoms with E-state index < -0.39 is 21.9 Å². The second-order valence-electron chi connectivity index (χ2n) is 4.30. The molecule has 1 heterocycles. The van der Waals surface area contributed by atoms with Gasteiger partial charge in [-0.1, -0.05) is 17.7 Å². The molecule has 8 heteroatoms. The Kier molecular flexibility index (Phi) is 4.88. The maximum atomic E-state index is 13.7. The molecule has 21 heavy (non-hydrogen) atoms. The molecule has 0 saturated heterocycles. The summed E-state index contributed by atoms with van der Waals surface area (Å²) < 4.78 is 45.8. The van der Waals surface area contributed by atoms with Crippen molar-refractivity contribution in [3.05, 3.63) is 46.0 Å². The van der Waals surface area contributed by atoms with Crippen LogP contribution >= 0.6 is 22.9 Å². The van der Waals surface area contributed by atoms with Crippen LogP contribution in [-0.2, 0) is 10.0 Å². The van der Waals surface area contributed by atoms with Crippen molar-refractivity contribution in [1.29, 1.82) is 0 Å². The van der Waals surface area contributed by atoms with Crippen LogP contribution in [0.2, 0.25) is 4.34 Å². The van der Waals surface area contributed by atoms with E-state index in [1.54, 1.807) is 13.0 Å². The predicted octanol–water partition coefficient (Wildman–Crippen LogP) is 3.59. The van der Waals surface area contributed by atoms with E-state index in [0.29, 0.717) is 9.90 Å². The number of methoxy groups -OCH3 is 1. The summed E-state index contributed by atoms with van der Waals surface area (Å²) in [4.78, 5) is 0. The molecule has 0 fully saturated rings. The van der Waals surface area contributed by atoms with Crippen molar-refractivity contribution in [3.63, 3.8) is 0 Å². The summed E-state index contributed by atoms with van der Waals surface area (Å²) in [6.07, 6.45) is 0. The Morgan fingerprint density at radius 1 is 1.33 bits per heavy atom. The summed E-state index contributed by atoms with van der Waals surface area (Å²) in [5, 5.41) is 0. The number of nitrogens with one attached hydrogen (secondary N) is 1. The van der Waals surface area contributed by atoms with Gasteiger partial charge in [-0.05, 0) is 36.8 Å². The minimum atomic E-state index is -3.68. The van der Waals surface area contributed by atoms with Gasteiger partial charge in [0.05, 0.1) is 11.4 Å². The van der Waals surface area contributed by atoms with Crippen molar-refractivity contribution in [1.82, 2.24) is 4.72 Å². The molecule has 4 nitrogen and oxygen atoms in total. The zero-order valence-corrected chi connectivity index (χ0v) is 13.7. The molecule has 114 valence electrons. The van der Waals surface area contributed by atoms with E-state index in [1.807, 2.05) is 0 Å².